The Morgan fingerprint density at radius 3 is 2.80 bits per heavy atom. The Hall–Kier alpha value is -1.85. The van der Waals surface area contributed by atoms with Crippen molar-refractivity contribution in [2.45, 2.75) is 6.92 Å². The van der Waals surface area contributed by atoms with Gasteiger partial charge in [0, 0.05) is 5.56 Å². The molecule has 2 aromatic heterocycles. The lowest BCUT2D eigenvalue weighted by molar-refractivity contribution is 0.439. The van der Waals surface area contributed by atoms with Gasteiger partial charge in [-0.3, -0.25) is 0 Å². The summed E-state index contributed by atoms with van der Waals surface area (Å²) < 4.78 is 18.3. The van der Waals surface area contributed by atoms with E-state index in [4.69, 9.17) is 21.9 Å². The third-order valence-corrected chi connectivity index (χ3v) is 4.33. The van der Waals surface area contributed by atoms with Crippen LogP contribution in [-0.4, -0.2) is 5.16 Å². The molecular formula is C14H10ClFN2OS. The molecule has 2 heterocycles. The van der Waals surface area contributed by atoms with Crippen molar-refractivity contribution >= 4 is 28.8 Å². The third kappa shape index (κ3) is 2.09. The molecular weight excluding hydrogens is 299 g/mol. The van der Waals surface area contributed by atoms with Gasteiger partial charge in [-0.2, -0.15) is 0 Å². The molecule has 0 saturated carbocycles. The standard InChI is InChI=1S/C14H10ClFN2OS/c1-7-4-5-20-13(7)12-11(14(17)19-18-12)9-3-2-8(16)6-10(9)15/h2-6H,17H2,1H3. The van der Waals surface area contributed by atoms with Crippen molar-refractivity contribution in [3.05, 3.63) is 46.0 Å². The summed E-state index contributed by atoms with van der Waals surface area (Å²) in [5.74, 6) is -0.232. The van der Waals surface area contributed by atoms with Gasteiger partial charge in [-0.25, -0.2) is 4.39 Å². The average Bonchev–Trinajstić information content (AvgIpc) is 2.96. The SMILES string of the molecule is Cc1ccsc1-c1noc(N)c1-c1ccc(F)cc1Cl. The summed E-state index contributed by atoms with van der Waals surface area (Å²) >= 11 is 7.64. The molecule has 20 heavy (non-hydrogen) atoms. The minimum absolute atomic E-state index is 0.168. The van der Waals surface area contributed by atoms with Crippen molar-refractivity contribution in [3.8, 4) is 21.7 Å². The fourth-order valence-corrected chi connectivity index (χ4v) is 3.20. The second kappa shape index (κ2) is 4.92. The zero-order chi connectivity index (χ0) is 14.3. The van der Waals surface area contributed by atoms with Crippen LogP contribution in [0.2, 0.25) is 5.02 Å². The van der Waals surface area contributed by atoms with Gasteiger partial charge >= 0.3 is 0 Å². The predicted molar refractivity (Wildman–Crippen MR) is 79.4 cm³/mol. The summed E-state index contributed by atoms with van der Waals surface area (Å²) in [7, 11) is 0. The van der Waals surface area contributed by atoms with Crippen LogP contribution in [0.5, 0.6) is 0 Å². The molecule has 0 aliphatic carbocycles. The fourth-order valence-electron chi connectivity index (χ4n) is 2.03. The highest BCUT2D eigenvalue weighted by molar-refractivity contribution is 7.13. The smallest absolute Gasteiger partial charge is 0.230 e. The summed E-state index contributed by atoms with van der Waals surface area (Å²) in [6.07, 6.45) is 0. The Morgan fingerprint density at radius 1 is 1.35 bits per heavy atom. The van der Waals surface area contributed by atoms with E-state index in [0.717, 1.165) is 10.4 Å². The summed E-state index contributed by atoms with van der Waals surface area (Å²) in [6, 6.07) is 6.14. The number of halogens is 2. The molecule has 0 amide bonds. The van der Waals surface area contributed by atoms with Crippen LogP contribution >= 0.6 is 22.9 Å². The molecule has 0 unspecified atom stereocenters. The van der Waals surface area contributed by atoms with Gasteiger partial charge in [-0.05, 0) is 42.1 Å². The van der Waals surface area contributed by atoms with Crippen LogP contribution < -0.4 is 5.73 Å². The number of anilines is 1. The first-order valence-corrected chi connectivity index (χ1v) is 7.08. The maximum Gasteiger partial charge on any atom is 0.230 e. The van der Waals surface area contributed by atoms with E-state index >= 15 is 0 Å². The summed E-state index contributed by atoms with van der Waals surface area (Å²) in [6.45, 7) is 1.98. The van der Waals surface area contributed by atoms with E-state index in [0.29, 0.717) is 16.8 Å². The van der Waals surface area contributed by atoms with Gasteiger partial charge in [0.15, 0.2) is 0 Å². The minimum atomic E-state index is -0.400. The van der Waals surface area contributed by atoms with E-state index in [9.17, 15) is 4.39 Å². The summed E-state index contributed by atoms with van der Waals surface area (Å²) in [4.78, 5) is 0.959. The first-order valence-electron chi connectivity index (χ1n) is 5.83. The highest BCUT2D eigenvalue weighted by Gasteiger charge is 2.21. The van der Waals surface area contributed by atoms with E-state index < -0.39 is 5.82 Å². The lowest BCUT2D eigenvalue weighted by Crippen LogP contribution is -1.89. The molecule has 3 nitrogen and oxygen atoms in total. The molecule has 0 aliphatic heterocycles. The van der Waals surface area contributed by atoms with Gasteiger partial charge in [0.05, 0.1) is 15.5 Å². The summed E-state index contributed by atoms with van der Waals surface area (Å²) in [5.41, 5.74) is 8.76. The maximum atomic E-state index is 13.2. The number of aromatic nitrogens is 1. The second-order valence-electron chi connectivity index (χ2n) is 4.33. The fraction of sp³-hybridized carbons (Fsp3) is 0.0714. The largest absolute Gasteiger partial charge is 0.367 e. The van der Waals surface area contributed by atoms with Crippen molar-refractivity contribution in [1.82, 2.24) is 5.16 Å². The number of benzene rings is 1. The molecule has 1 aromatic carbocycles. The van der Waals surface area contributed by atoms with Crippen LogP contribution in [0.25, 0.3) is 21.7 Å². The van der Waals surface area contributed by atoms with Crippen LogP contribution in [0.3, 0.4) is 0 Å². The first-order chi connectivity index (χ1) is 9.58. The number of hydrogen-bond acceptors (Lipinski definition) is 4. The quantitative estimate of drug-likeness (QED) is 0.743. The van der Waals surface area contributed by atoms with E-state index in [1.54, 1.807) is 6.07 Å². The third-order valence-electron chi connectivity index (χ3n) is 3.00. The molecule has 0 bridgehead atoms. The number of thiophene rings is 1. The Labute approximate surface area is 123 Å². The van der Waals surface area contributed by atoms with Crippen LogP contribution in [-0.2, 0) is 0 Å². The van der Waals surface area contributed by atoms with Gasteiger partial charge in [0.25, 0.3) is 0 Å². The maximum absolute atomic E-state index is 13.2. The van der Waals surface area contributed by atoms with Gasteiger partial charge in [0.2, 0.25) is 5.88 Å². The highest BCUT2D eigenvalue weighted by Crippen LogP contribution is 2.42. The summed E-state index contributed by atoms with van der Waals surface area (Å²) in [5, 5.41) is 6.25. The van der Waals surface area contributed by atoms with E-state index in [-0.39, 0.29) is 10.9 Å². The van der Waals surface area contributed by atoms with Gasteiger partial charge in [0.1, 0.15) is 11.5 Å². The topological polar surface area (TPSA) is 52.0 Å². The first kappa shape index (κ1) is 13.1. The number of nitrogen functional groups attached to an aromatic ring is 1. The number of rotatable bonds is 2. The zero-order valence-electron chi connectivity index (χ0n) is 10.5. The van der Waals surface area contributed by atoms with E-state index in [1.807, 2.05) is 18.4 Å². The van der Waals surface area contributed by atoms with Crippen molar-refractivity contribution in [3.63, 3.8) is 0 Å². The molecule has 2 N–H and O–H groups in total. The van der Waals surface area contributed by atoms with Crippen LogP contribution in [0, 0.1) is 12.7 Å². The molecule has 3 aromatic rings. The van der Waals surface area contributed by atoms with E-state index in [2.05, 4.69) is 5.16 Å². The number of nitrogens with two attached hydrogens (primary N) is 1. The molecule has 0 radical (unpaired) electrons. The van der Waals surface area contributed by atoms with Gasteiger partial charge in [-0.1, -0.05) is 16.8 Å². The number of nitrogens with zero attached hydrogens (tertiary/aromatic N) is 1. The zero-order valence-corrected chi connectivity index (χ0v) is 12.1. The van der Waals surface area contributed by atoms with Crippen LogP contribution in [0.15, 0.2) is 34.2 Å². The Morgan fingerprint density at radius 2 is 2.15 bits per heavy atom. The number of aryl methyl sites for hydroxylation is 1. The van der Waals surface area contributed by atoms with Crippen molar-refractivity contribution in [1.29, 1.82) is 0 Å². The minimum Gasteiger partial charge on any atom is -0.367 e. The number of hydrogen-bond donors (Lipinski definition) is 1. The molecule has 0 spiro atoms. The molecule has 6 heteroatoms. The van der Waals surface area contributed by atoms with Crippen molar-refractivity contribution in [2.24, 2.45) is 0 Å². The Balaban J connectivity index is 2.24. The van der Waals surface area contributed by atoms with Crippen LogP contribution in [0.4, 0.5) is 10.3 Å². The van der Waals surface area contributed by atoms with E-state index in [1.165, 1.54) is 23.5 Å². The highest BCUT2D eigenvalue weighted by atomic mass is 35.5. The average molecular weight is 309 g/mol. The van der Waals surface area contributed by atoms with Crippen molar-refractivity contribution < 1.29 is 8.91 Å². The molecule has 102 valence electrons. The van der Waals surface area contributed by atoms with Gasteiger partial charge < -0.3 is 10.3 Å². The van der Waals surface area contributed by atoms with Crippen molar-refractivity contribution in [2.75, 3.05) is 5.73 Å². The molecule has 0 saturated heterocycles. The monoisotopic (exact) mass is 308 g/mol. The second-order valence-corrected chi connectivity index (χ2v) is 5.65. The lowest BCUT2D eigenvalue weighted by atomic mass is 10.0. The molecule has 0 atom stereocenters. The Bertz CT molecular complexity index is 781. The van der Waals surface area contributed by atoms with Crippen LogP contribution in [0.1, 0.15) is 5.56 Å². The predicted octanol–water partition coefficient (Wildman–Crippen LogP) is 4.75. The lowest BCUT2D eigenvalue weighted by Gasteiger charge is -2.05. The van der Waals surface area contributed by atoms with Gasteiger partial charge in [-0.15, -0.1) is 11.3 Å². The molecule has 0 aliphatic rings. The Kier molecular flexibility index (Phi) is 3.23. The molecule has 0 fully saturated rings. The molecule has 3 rings (SSSR count). The normalized spacial score (nSPS) is 10.9.